The van der Waals surface area contributed by atoms with Crippen molar-refractivity contribution in [1.82, 2.24) is 0 Å². The number of carbonyl (C=O) groups excluding carboxylic acids is 2. The summed E-state index contributed by atoms with van der Waals surface area (Å²) < 4.78 is 0. The Hall–Kier alpha value is -4.18. The molecule has 1 aliphatic rings. The molecule has 0 bridgehead atoms. The third kappa shape index (κ3) is 2.95. The molecule has 0 radical (unpaired) electrons. The normalized spacial score (nSPS) is 14.5. The Kier molecular flexibility index (Phi) is 4.37. The Morgan fingerprint density at radius 2 is 1.23 bits per heavy atom. The van der Waals surface area contributed by atoms with Crippen molar-refractivity contribution in [3.8, 4) is 0 Å². The minimum Gasteiger partial charge on any atom is -0.287 e. The molecular formula is C26H16N2O2. The van der Waals surface area contributed by atoms with E-state index in [0.29, 0.717) is 16.7 Å². The highest BCUT2D eigenvalue weighted by molar-refractivity contribution is 6.59. The fourth-order valence-corrected chi connectivity index (χ4v) is 3.73. The summed E-state index contributed by atoms with van der Waals surface area (Å²) in [6.07, 6.45) is 0. The van der Waals surface area contributed by atoms with Crippen molar-refractivity contribution in [3.05, 3.63) is 119 Å². The van der Waals surface area contributed by atoms with Gasteiger partial charge in [-0.2, -0.15) is 0 Å². The quantitative estimate of drug-likeness (QED) is 0.277. The summed E-state index contributed by atoms with van der Waals surface area (Å²) in [5.74, 6) is -0.419. The average molecular weight is 388 g/mol. The van der Waals surface area contributed by atoms with Crippen LogP contribution < -0.4 is 0 Å². The zero-order valence-electron chi connectivity index (χ0n) is 15.9. The molecule has 30 heavy (non-hydrogen) atoms. The molecule has 4 aromatic rings. The van der Waals surface area contributed by atoms with Gasteiger partial charge in [0.2, 0.25) is 11.6 Å². The number of hydrogen-bond donors (Lipinski definition) is 0. The molecule has 0 aliphatic heterocycles. The van der Waals surface area contributed by atoms with Gasteiger partial charge in [-0.3, -0.25) is 9.59 Å². The van der Waals surface area contributed by atoms with Gasteiger partial charge in [0.15, 0.2) is 0 Å². The van der Waals surface area contributed by atoms with Gasteiger partial charge < -0.3 is 0 Å². The fraction of sp³-hybridized carbons (Fsp3) is 0. The third-order valence-corrected chi connectivity index (χ3v) is 5.17. The molecule has 0 amide bonds. The highest BCUT2D eigenvalue weighted by Gasteiger charge is 2.29. The summed E-state index contributed by atoms with van der Waals surface area (Å²) in [7, 11) is 0. The van der Waals surface area contributed by atoms with E-state index >= 15 is 0 Å². The van der Waals surface area contributed by atoms with Gasteiger partial charge in [0, 0.05) is 27.6 Å². The van der Waals surface area contributed by atoms with Crippen molar-refractivity contribution >= 4 is 33.8 Å². The number of hydrogen-bond acceptors (Lipinski definition) is 4. The van der Waals surface area contributed by atoms with Crippen LogP contribution in [0.15, 0.2) is 107 Å². The Morgan fingerprint density at radius 1 is 0.633 bits per heavy atom. The van der Waals surface area contributed by atoms with Gasteiger partial charge in [-0.15, -0.1) is 10.2 Å². The zero-order valence-corrected chi connectivity index (χ0v) is 15.9. The summed E-state index contributed by atoms with van der Waals surface area (Å²) in [5, 5.41) is 10.5. The standard InChI is InChI=1S/C26H16N2O2/c29-25(19-11-5-2-6-12-19)23(18-9-3-1-4-10-18)27-28-24-20-15-7-13-17-14-8-16-21(22(17)20)26(24)30/h1-16H/b27-23+,28-24+. The van der Waals surface area contributed by atoms with E-state index in [1.54, 1.807) is 30.3 Å². The first-order valence-corrected chi connectivity index (χ1v) is 9.61. The van der Waals surface area contributed by atoms with Gasteiger partial charge in [-0.25, -0.2) is 0 Å². The van der Waals surface area contributed by atoms with Crippen LogP contribution in [0.2, 0.25) is 0 Å². The van der Waals surface area contributed by atoms with E-state index in [-0.39, 0.29) is 23.0 Å². The van der Waals surface area contributed by atoms with Crippen LogP contribution >= 0.6 is 0 Å². The maximum absolute atomic E-state index is 13.2. The van der Waals surface area contributed by atoms with Gasteiger partial charge in [0.05, 0.1) is 0 Å². The predicted octanol–water partition coefficient (Wildman–Crippen LogP) is 5.11. The SMILES string of the molecule is O=C(/C(=N/N=C1/C(=O)c2cccc3cccc1c23)c1ccccc1)c1ccccc1. The number of rotatable bonds is 4. The van der Waals surface area contributed by atoms with Gasteiger partial charge in [-0.05, 0) is 5.39 Å². The molecule has 0 atom stereocenters. The maximum atomic E-state index is 13.2. The largest absolute Gasteiger partial charge is 0.287 e. The number of ketones is 2. The Balaban J connectivity index is 1.66. The van der Waals surface area contributed by atoms with Crippen molar-refractivity contribution in [2.75, 3.05) is 0 Å². The van der Waals surface area contributed by atoms with Gasteiger partial charge in [0.25, 0.3) is 0 Å². The number of Topliss-reactive ketones (excluding diaryl/α,β-unsaturated/α-hetero) is 2. The molecule has 4 aromatic carbocycles. The van der Waals surface area contributed by atoms with Crippen LogP contribution in [0.4, 0.5) is 0 Å². The summed E-state index contributed by atoms with van der Waals surface area (Å²) in [4.78, 5) is 26.1. The minimum atomic E-state index is -0.243. The van der Waals surface area contributed by atoms with Crippen LogP contribution in [0, 0.1) is 0 Å². The second-order valence-electron chi connectivity index (χ2n) is 7.00. The first kappa shape index (κ1) is 17.9. The monoisotopic (exact) mass is 388 g/mol. The smallest absolute Gasteiger partial charge is 0.214 e. The van der Waals surface area contributed by atoms with E-state index < -0.39 is 0 Å². The summed E-state index contributed by atoms with van der Waals surface area (Å²) in [6, 6.07) is 29.5. The van der Waals surface area contributed by atoms with E-state index in [1.807, 2.05) is 66.7 Å². The summed E-state index contributed by atoms with van der Waals surface area (Å²) in [5.41, 5.74) is 2.99. The van der Waals surface area contributed by atoms with Crippen molar-refractivity contribution in [2.45, 2.75) is 0 Å². The molecule has 4 nitrogen and oxygen atoms in total. The number of nitrogens with zero attached hydrogens (tertiary/aromatic N) is 2. The zero-order chi connectivity index (χ0) is 20.5. The molecule has 4 heteroatoms. The van der Waals surface area contributed by atoms with Crippen LogP contribution in [0.3, 0.4) is 0 Å². The molecule has 0 saturated heterocycles. The molecule has 0 N–H and O–H groups in total. The molecular weight excluding hydrogens is 372 g/mol. The minimum absolute atomic E-state index is 0.176. The molecule has 142 valence electrons. The highest BCUT2D eigenvalue weighted by atomic mass is 16.1. The summed E-state index contributed by atoms with van der Waals surface area (Å²) in [6.45, 7) is 0. The topological polar surface area (TPSA) is 58.9 Å². The molecule has 5 rings (SSSR count). The number of carbonyl (C=O) groups is 2. The Morgan fingerprint density at radius 3 is 1.90 bits per heavy atom. The number of benzene rings is 4. The van der Waals surface area contributed by atoms with Crippen LogP contribution in [-0.4, -0.2) is 23.0 Å². The maximum Gasteiger partial charge on any atom is 0.214 e. The molecule has 0 heterocycles. The van der Waals surface area contributed by atoms with E-state index in [0.717, 1.165) is 16.3 Å². The molecule has 0 aromatic heterocycles. The summed E-state index contributed by atoms with van der Waals surface area (Å²) >= 11 is 0. The van der Waals surface area contributed by atoms with E-state index in [2.05, 4.69) is 10.2 Å². The lowest BCUT2D eigenvalue weighted by Gasteiger charge is -2.05. The lowest BCUT2D eigenvalue weighted by Crippen LogP contribution is -2.16. The van der Waals surface area contributed by atoms with Crippen molar-refractivity contribution in [3.63, 3.8) is 0 Å². The predicted molar refractivity (Wildman–Crippen MR) is 119 cm³/mol. The lowest BCUT2D eigenvalue weighted by molar-refractivity contribution is 0.105. The second kappa shape index (κ2) is 7.33. The van der Waals surface area contributed by atoms with Crippen molar-refractivity contribution in [2.24, 2.45) is 10.2 Å². The van der Waals surface area contributed by atoms with Gasteiger partial charge >= 0.3 is 0 Å². The molecule has 0 spiro atoms. The van der Waals surface area contributed by atoms with E-state index in [9.17, 15) is 9.59 Å². The van der Waals surface area contributed by atoms with Crippen molar-refractivity contribution in [1.29, 1.82) is 0 Å². The second-order valence-corrected chi connectivity index (χ2v) is 7.00. The highest BCUT2D eigenvalue weighted by Crippen LogP contribution is 2.31. The molecule has 1 aliphatic carbocycles. The first-order chi connectivity index (χ1) is 14.7. The van der Waals surface area contributed by atoms with E-state index in [1.165, 1.54) is 0 Å². The average Bonchev–Trinajstić information content (AvgIpc) is 3.08. The van der Waals surface area contributed by atoms with Crippen LogP contribution in [0.25, 0.3) is 10.8 Å². The molecule has 0 saturated carbocycles. The van der Waals surface area contributed by atoms with E-state index in [4.69, 9.17) is 0 Å². The van der Waals surface area contributed by atoms with Crippen LogP contribution in [0.5, 0.6) is 0 Å². The van der Waals surface area contributed by atoms with Crippen molar-refractivity contribution < 1.29 is 9.59 Å². The third-order valence-electron chi connectivity index (χ3n) is 5.17. The van der Waals surface area contributed by atoms with Crippen LogP contribution in [-0.2, 0) is 0 Å². The van der Waals surface area contributed by atoms with Gasteiger partial charge in [0.1, 0.15) is 11.4 Å². The Bertz CT molecular complexity index is 1350. The Labute approximate surface area is 173 Å². The van der Waals surface area contributed by atoms with Gasteiger partial charge in [-0.1, -0.05) is 97.1 Å². The first-order valence-electron chi connectivity index (χ1n) is 9.61. The molecule has 0 unspecified atom stereocenters. The van der Waals surface area contributed by atoms with Crippen LogP contribution in [0.1, 0.15) is 31.8 Å². The molecule has 0 fully saturated rings. The fourth-order valence-electron chi connectivity index (χ4n) is 3.73. The lowest BCUT2D eigenvalue weighted by atomic mass is 10.0.